The predicted octanol–water partition coefficient (Wildman–Crippen LogP) is 2.04. The van der Waals surface area contributed by atoms with Gasteiger partial charge in [0.05, 0.1) is 13.2 Å². The van der Waals surface area contributed by atoms with Gasteiger partial charge in [0, 0.05) is 18.7 Å². The molecule has 0 bridgehead atoms. The van der Waals surface area contributed by atoms with Gasteiger partial charge in [-0.05, 0) is 63.0 Å². The highest BCUT2D eigenvalue weighted by atomic mass is 16.5. The van der Waals surface area contributed by atoms with E-state index in [1.807, 2.05) is 17.0 Å². The minimum Gasteiger partial charge on any atom is -0.378 e. The molecule has 0 radical (unpaired) electrons. The van der Waals surface area contributed by atoms with E-state index >= 15 is 0 Å². The van der Waals surface area contributed by atoms with E-state index in [-0.39, 0.29) is 5.91 Å². The highest BCUT2D eigenvalue weighted by Crippen LogP contribution is 2.21. The lowest BCUT2D eigenvalue weighted by atomic mass is 9.90. The summed E-state index contributed by atoms with van der Waals surface area (Å²) >= 11 is 0. The van der Waals surface area contributed by atoms with Crippen molar-refractivity contribution < 1.29 is 9.53 Å². The van der Waals surface area contributed by atoms with Crippen LogP contribution in [0.2, 0.25) is 0 Å². The van der Waals surface area contributed by atoms with Gasteiger partial charge < -0.3 is 14.5 Å². The minimum atomic E-state index is 0.133. The van der Waals surface area contributed by atoms with Crippen molar-refractivity contribution in [3.8, 4) is 0 Å². The first-order chi connectivity index (χ1) is 10.7. The highest BCUT2D eigenvalue weighted by molar-refractivity contribution is 5.94. The van der Waals surface area contributed by atoms with Crippen LogP contribution in [0.5, 0.6) is 0 Å². The molecule has 2 fully saturated rings. The van der Waals surface area contributed by atoms with Crippen molar-refractivity contribution in [2.75, 3.05) is 46.4 Å². The Labute approximate surface area is 133 Å². The third-order valence-corrected chi connectivity index (χ3v) is 4.86. The number of ether oxygens (including phenoxy) is 1. The van der Waals surface area contributed by atoms with E-state index in [1.165, 1.54) is 31.5 Å². The van der Waals surface area contributed by atoms with Crippen molar-refractivity contribution in [1.29, 1.82) is 0 Å². The zero-order chi connectivity index (χ0) is 15.4. The largest absolute Gasteiger partial charge is 0.378 e. The molecule has 0 aromatic heterocycles. The molecule has 120 valence electrons. The monoisotopic (exact) mass is 302 g/mol. The van der Waals surface area contributed by atoms with Crippen molar-refractivity contribution in [3.63, 3.8) is 0 Å². The van der Waals surface area contributed by atoms with Crippen molar-refractivity contribution >= 4 is 5.91 Å². The Morgan fingerprint density at radius 3 is 2.36 bits per heavy atom. The lowest BCUT2D eigenvalue weighted by Crippen LogP contribution is -2.40. The Balaban J connectivity index is 1.56. The molecule has 0 saturated carbocycles. The molecule has 1 aromatic rings. The Morgan fingerprint density at radius 1 is 1.09 bits per heavy atom. The van der Waals surface area contributed by atoms with Gasteiger partial charge in [-0.2, -0.15) is 0 Å². The van der Waals surface area contributed by atoms with E-state index < -0.39 is 0 Å². The third kappa shape index (κ3) is 3.87. The number of carbonyl (C=O) groups excluding carboxylic acids is 1. The maximum atomic E-state index is 12.4. The van der Waals surface area contributed by atoms with Crippen LogP contribution in [-0.2, 0) is 11.2 Å². The topological polar surface area (TPSA) is 32.8 Å². The zero-order valence-electron chi connectivity index (χ0n) is 13.5. The van der Waals surface area contributed by atoms with Gasteiger partial charge in [0.1, 0.15) is 0 Å². The van der Waals surface area contributed by atoms with Crippen LogP contribution in [0.4, 0.5) is 0 Å². The third-order valence-electron chi connectivity index (χ3n) is 4.86. The van der Waals surface area contributed by atoms with Gasteiger partial charge in [-0.1, -0.05) is 12.1 Å². The maximum absolute atomic E-state index is 12.4. The normalized spacial score (nSPS) is 21.0. The number of hydrogen-bond donors (Lipinski definition) is 0. The average Bonchev–Trinajstić information content (AvgIpc) is 2.58. The summed E-state index contributed by atoms with van der Waals surface area (Å²) < 4.78 is 5.30. The standard InChI is InChI=1S/C18H26N2O2/c1-19-8-6-16(7-9-19)14-15-2-4-17(5-3-15)18(21)20-10-12-22-13-11-20/h2-5,16H,6-14H2,1H3. The van der Waals surface area contributed by atoms with E-state index in [0.29, 0.717) is 26.3 Å². The number of hydrogen-bond acceptors (Lipinski definition) is 3. The number of likely N-dealkylation sites (tertiary alicyclic amines) is 1. The van der Waals surface area contributed by atoms with Crippen LogP contribution in [0.3, 0.4) is 0 Å². The fourth-order valence-corrected chi connectivity index (χ4v) is 3.33. The van der Waals surface area contributed by atoms with Crippen LogP contribution in [0, 0.1) is 5.92 Å². The molecule has 0 N–H and O–H groups in total. The number of morpholine rings is 1. The van der Waals surface area contributed by atoms with Crippen molar-refractivity contribution in [3.05, 3.63) is 35.4 Å². The summed E-state index contributed by atoms with van der Waals surface area (Å²) in [5.41, 5.74) is 2.15. The maximum Gasteiger partial charge on any atom is 0.254 e. The van der Waals surface area contributed by atoms with Crippen LogP contribution < -0.4 is 0 Å². The Morgan fingerprint density at radius 2 is 1.73 bits per heavy atom. The fourth-order valence-electron chi connectivity index (χ4n) is 3.33. The van der Waals surface area contributed by atoms with Gasteiger partial charge in [0.2, 0.25) is 0 Å². The van der Waals surface area contributed by atoms with Gasteiger partial charge in [-0.15, -0.1) is 0 Å². The average molecular weight is 302 g/mol. The van der Waals surface area contributed by atoms with Gasteiger partial charge in [-0.25, -0.2) is 0 Å². The second-order valence-electron chi connectivity index (χ2n) is 6.55. The van der Waals surface area contributed by atoms with E-state index in [9.17, 15) is 4.79 Å². The molecule has 0 aliphatic carbocycles. The van der Waals surface area contributed by atoms with Crippen LogP contribution in [0.25, 0.3) is 0 Å². The van der Waals surface area contributed by atoms with E-state index in [4.69, 9.17) is 4.74 Å². The molecule has 2 aliphatic rings. The minimum absolute atomic E-state index is 0.133. The summed E-state index contributed by atoms with van der Waals surface area (Å²) in [7, 11) is 2.20. The number of piperidine rings is 1. The quantitative estimate of drug-likeness (QED) is 0.856. The smallest absolute Gasteiger partial charge is 0.254 e. The molecule has 2 heterocycles. The molecule has 0 atom stereocenters. The van der Waals surface area contributed by atoms with E-state index in [0.717, 1.165) is 17.9 Å². The van der Waals surface area contributed by atoms with Gasteiger partial charge in [0.25, 0.3) is 5.91 Å². The number of benzene rings is 1. The Bertz CT molecular complexity index is 486. The highest BCUT2D eigenvalue weighted by Gasteiger charge is 2.19. The molecule has 3 rings (SSSR count). The zero-order valence-corrected chi connectivity index (χ0v) is 13.5. The summed E-state index contributed by atoms with van der Waals surface area (Å²) in [5, 5.41) is 0. The molecule has 1 aromatic carbocycles. The summed E-state index contributed by atoms with van der Waals surface area (Å²) in [6, 6.07) is 8.24. The molecule has 4 nitrogen and oxygen atoms in total. The lowest BCUT2D eigenvalue weighted by molar-refractivity contribution is 0.0303. The molecule has 0 unspecified atom stereocenters. The molecule has 0 spiro atoms. The van der Waals surface area contributed by atoms with Crippen LogP contribution >= 0.6 is 0 Å². The van der Waals surface area contributed by atoms with Crippen LogP contribution in [-0.4, -0.2) is 62.1 Å². The van der Waals surface area contributed by atoms with Gasteiger partial charge in [0.15, 0.2) is 0 Å². The lowest BCUT2D eigenvalue weighted by Gasteiger charge is -2.29. The summed E-state index contributed by atoms with van der Waals surface area (Å²) in [6.45, 7) is 5.13. The number of rotatable bonds is 3. The summed E-state index contributed by atoms with van der Waals surface area (Å²) in [6.07, 6.45) is 3.70. The number of carbonyl (C=O) groups is 1. The molecule has 2 aliphatic heterocycles. The first-order valence-electron chi connectivity index (χ1n) is 8.37. The molecule has 2 saturated heterocycles. The summed E-state index contributed by atoms with van der Waals surface area (Å²) in [4.78, 5) is 16.7. The fraction of sp³-hybridized carbons (Fsp3) is 0.611. The SMILES string of the molecule is CN1CCC(Cc2ccc(C(=O)N3CCOCC3)cc2)CC1. The second-order valence-corrected chi connectivity index (χ2v) is 6.55. The first-order valence-corrected chi connectivity index (χ1v) is 8.37. The molecule has 1 amide bonds. The number of amides is 1. The first kappa shape index (κ1) is 15.5. The molecule has 4 heteroatoms. The molecule has 22 heavy (non-hydrogen) atoms. The van der Waals surface area contributed by atoms with Crippen molar-refractivity contribution in [2.45, 2.75) is 19.3 Å². The number of nitrogens with zero attached hydrogens (tertiary/aromatic N) is 2. The second kappa shape index (κ2) is 7.25. The Kier molecular flexibility index (Phi) is 5.11. The van der Waals surface area contributed by atoms with Crippen molar-refractivity contribution in [2.24, 2.45) is 5.92 Å². The predicted molar refractivity (Wildman–Crippen MR) is 87.1 cm³/mol. The van der Waals surface area contributed by atoms with E-state index in [1.54, 1.807) is 0 Å². The summed E-state index contributed by atoms with van der Waals surface area (Å²) in [5.74, 6) is 0.922. The van der Waals surface area contributed by atoms with Crippen LogP contribution in [0.15, 0.2) is 24.3 Å². The Hall–Kier alpha value is -1.39. The van der Waals surface area contributed by atoms with Gasteiger partial charge >= 0.3 is 0 Å². The molecular formula is C18H26N2O2. The van der Waals surface area contributed by atoms with Crippen LogP contribution in [0.1, 0.15) is 28.8 Å². The van der Waals surface area contributed by atoms with Gasteiger partial charge in [-0.3, -0.25) is 4.79 Å². The molecular weight excluding hydrogens is 276 g/mol. The van der Waals surface area contributed by atoms with E-state index in [2.05, 4.69) is 24.1 Å². The van der Waals surface area contributed by atoms with Crippen molar-refractivity contribution in [1.82, 2.24) is 9.80 Å².